The fraction of sp³-hybridized carbons (Fsp3) is 0.474. The van der Waals surface area contributed by atoms with Crippen LogP contribution in [-0.2, 0) is 4.79 Å². The van der Waals surface area contributed by atoms with Crippen LogP contribution in [0.4, 0.5) is 0 Å². The van der Waals surface area contributed by atoms with Gasteiger partial charge in [0.05, 0.1) is 0 Å². The van der Waals surface area contributed by atoms with Gasteiger partial charge in [-0.2, -0.15) is 0 Å². The van der Waals surface area contributed by atoms with Gasteiger partial charge < -0.3 is 15.5 Å². The first-order chi connectivity index (χ1) is 11.8. The highest BCUT2D eigenvalue weighted by Gasteiger charge is 2.29. The van der Waals surface area contributed by atoms with Gasteiger partial charge in [0.1, 0.15) is 0 Å². The Morgan fingerprint density at radius 3 is 2.52 bits per heavy atom. The van der Waals surface area contributed by atoms with Crippen molar-refractivity contribution in [3.63, 3.8) is 0 Å². The van der Waals surface area contributed by atoms with Crippen LogP contribution in [0, 0.1) is 5.92 Å². The summed E-state index contributed by atoms with van der Waals surface area (Å²) in [6.07, 6.45) is 5.39. The molecule has 25 heavy (non-hydrogen) atoms. The number of nitrogens with one attached hydrogen (secondary N) is 2. The Morgan fingerprint density at radius 2 is 1.92 bits per heavy atom. The Hall–Kier alpha value is -1.57. The van der Waals surface area contributed by atoms with E-state index >= 15 is 0 Å². The van der Waals surface area contributed by atoms with Gasteiger partial charge in [0, 0.05) is 39.1 Å². The van der Waals surface area contributed by atoms with Crippen molar-refractivity contribution in [3.8, 4) is 0 Å². The molecule has 1 amide bonds. The molecule has 1 fully saturated rings. The molecule has 0 bridgehead atoms. The zero-order chi connectivity index (χ0) is 16.8. The van der Waals surface area contributed by atoms with Gasteiger partial charge in [-0.15, -0.1) is 24.0 Å². The van der Waals surface area contributed by atoms with Crippen molar-refractivity contribution in [1.29, 1.82) is 0 Å². The number of halogens is 1. The van der Waals surface area contributed by atoms with Crippen molar-refractivity contribution in [2.24, 2.45) is 10.9 Å². The lowest BCUT2D eigenvalue weighted by Gasteiger charge is -2.29. The van der Waals surface area contributed by atoms with E-state index in [1.165, 1.54) is 11.1 Å². The number of nitrogens with zero attached hydrogens (tertiary/aromatic N) is 2. The SMILES string of the molecule is CN=C(NCCNC(=O)C1CC1)N1CC=C(c2ccccc2)CC1.I. The van der Waals surface area contributed by atoms with E-state index in [0.717, 1.165) is 38.3 Å². The minimum atomic E-state index is 0. The molecule has 0 atom stereocenters. The van der Waals surface area contributed by atoms with Crippen LogP contribution in [0.3, 0.4) is 0 Å². The van der Waals surface area contributed by atoms with Gasteiger partial charge in [-0.25, -0.2) is 0 Å². The van der Waals surface area contributed by atoms with Crippen molar-refractivity contribution in [3.05, 3.63) is 42.0 Å². The van der Waals surface area contributed by atoms with Gasteiger partial charge in [0.25, 0.3) is 0 Å². The third-order valence-corrected chi connectivity index (χ3v) is 4.52. The molecule has 0 aromatic heterocycles. The molecule has 0 saturated heterocycles. The molecular formula is C19H27IN4O. The van der Waals surface area contributed by atoms with E-state index < -0.39 is 0 Å². The number of hydrogen-bond donors (Lipinski definition) is 2. The largest absolute Gasteiger partial charge is 0.354 e. The average molecular weight is 454 g/mol. The van der Waals surface area contributed by atoms with Gasteiger partial charge in [-0.05, 0) is 30.4 Å². The van der Waals surface area contributed by atoms with E-state index in [4.69, 9.17) is 0 Å². The van der Waals surface area contributed by atoms with Crippen LogP contribution >= 0.6 is 24.0 Å². The highest BCUT2D eigenvalue weighted by molar-refractivity contribution is 14.0. The Kier molecular flexibility index (Phi) is 7.74. The smallest absolute Gasteiger partial charge is 0.223 e. The average Bonchev–Trinajstić information content (AvgIpc) is 3.48. The third-order valence-electron chi connectivity index (χ3n) is 4.52. The van der Waals surface area contributed by atoms with Crippen LogP contribution in [0.2, 0.25) is 0 Å². The minimum absolute atomic E-state index is 0. The number of carbonyl (C=O) groups excluding carboxylic acids is 1. The number of carbonyl (C=O) groups is 1. The van der Waals surface area contributed by atoms with Gasteiger partial charge >= 0.3 is 0 Å². The van der Waals surface area contributed by atoms with E-state index in [9.17, 15) is 4.79 Å². The predicted octanol–water partition coefficient (Wildman–Crippen LogP) is 2.50. The van der Waals surface area contributed by atoms with Crippen molar-refractivity contribution in [2.75, 3.05) is 33.2 Å². The first-order valence-corrected chi connectivity index (χ1v) is 8.75. The van der Waals surface area contributed by atoms with Crippen LogP contribution in [0.1, 0.15) is 24.8 Å². The van der Waals surface area contributed by atoms with E-state index in [1.807, 2.05) is 13.1 Å². The minimum Gasteiger partial charge on any atom is -0.354 e. The number of aliphatic imine (C=N–C) groups is 1. The molecule has 1 aromatic rings. The van der Waals surface area contributed by atoms with Crippen LogP contribution in [0.5, 0.6) is 0 Å². The Bertz CT molecular complexity index is 626. The van der Waals surface area contributed by atoms with Gasteiger partial charge in [0.2, 0.25) is 5.91 Å². The maximum atomic E-state index is 11.6. The highest BCUT2D eigenvalue weighted by Crippen LogP contribution is 2.28. The lowest BCUT2D eigenvalue weighted by molar-refractivity contribution is -0.122. The van der Waals surface area contributed by atoms with Crippen LogP contribution < -0.4 is 10.6 Å². The van der Waals surface area contributed by atoms with E-state index in [0.29, 0.717) is 13.1 Å². The summed E-state index contributed by atoms with van der Waals surface area (Å²) >= 11 is 0. The van der Waals surface area contributed by atoms with Gasteiger partial charge in [0.15, 0.2) is 5.96 Å². The molecule has 136 valence electrons. The molecule has 1 heterocycles. The van der Waals surface area contributed by atoms with Crippen molar-refractivity contribution in [1.82, 2.24) is 15.5 Å². The molecule has 1 saturated carbocycles. The number of hydrogen-bond acceptors (Lipinski definition) is 2. The summed E-state index contributed by atoms with van der Waals surface area (Å²) in [7, 11) is 1.81. The second-order valence-corrected chi connectivity index (χ2v) is 6.33. The third kappa shape index (κ3) is 5.73. The molecule has 2 N–H and O–H groups in total. The number of benzene rings is 1. The maximum Gasteiger partial charge on any atom is 0.223 e. The van der Waals surface area contributed by atoms with E-state index in [2.05, 4.69) is 50.9 Å². The van der Waals surface area contributed by atoms with Crippen molar-refractivity contribution < 1.29 is 4.79 Å². The first kappa shape index (κ1) is 19.8. The second kappa shape index (κ2) is 9.79. The van der Waals surface area contributed by atoms with Crippen molar-refractivity contribution in [2.45, 2.75) is 19.3 Å². The summed E-state index contributed by atoms with van der Waals surface area (Å²) in [5, 5.41) is 6.31. The van der Waals surface area contributed by atoms with Crippen LogP contribution in [-0.4, -0.2) is 50.0 Å². The zero-order valence-electron chi connectivity index (χ0n) is 14.7. The molecule has 1 aliphatic heterocycles. The number of rotatable bonds is 5. The standard InChI is InChI=1S/C19H26N4O.HI/c1-20-19(22-12-11-21-18(24)17-7-8-17)23-13-9-16(10-14-23)15-5-3-2-4-6-15;/h2-6,9,17H,7-8,10-14H2,1H3,(H,20,22)(H,21,24);1H. The predicted molar refractivity (Wildman–Crippen MR) is 113 cm³/mol. The Morgan fingerprint density at radius 1 is 1.20 bits per heavy atom. The lowest BCUT2D eigenvalue weighted by atomic mass is 10.00. The molecule has 5 nitrogen and oxygen atoms in total. The number of guanidine groups is 1. The molecule has 0 spiro atoms. The normalized spacial score (nSPS) is 17.4. The molecule has 0 unspecified atom stereocenters. The molecule has 1 aliphatic carbocycles. The monoisotopic (exact) mass is 454 g/mol. The topological polar surface area (TPSA) is 56.7 Å². The van der Waals surface area contributed by atoms with Gasteiger partial charge in [-0.1, -0.05) is 36.4 Å². The quantitative estimate of drug-likeness (QED) is 0.311. The summed E-state index contributed by atoms with van der Waals surface area (Å²) in [6, 6.07) is 10.5. The summed E-state index contributed by atoms with van der Waals surface area (Å²) in [5.74, 6) is 1.37. The summed E-state index contributed by atoms with van der Waals surface area (Å²) < 4.78 is 0. The van der Waals surface area contributed by atoms with Gasteiger partial charge in [-0.3, -0.25) is 9.79 Å². The van der Waals surface area contributed by atoms with Crippen LogP contribution in [0.25, 0.3) is 5.57 Å². The Balaban J connectivity index is 0.00000225. The van der Waals surface area contributed by atoms with Crippen LogP contribution in [0.15, 0.2) is 41.4 Å². The molecule has 6 heteroatoms. The first-order valence-electron chi connectivity index (χ1n) is 8.75. The highest BCUT2D eigenvalue weighted by atomic mass is 127. The molecule has 2 aliphatic rings. The van der Waals surface area contributed by atoms with Crippen molar-refractivity contribution >= 4 is 41.4 Å². The molecular weight excluding hydrogens is 427 g/mol. The number of amides is 1. The summed E-state index contributed by atoms with van der Waals surface area (Å²) in [5.41, 5.74) is 2.71. The fourth-order valence-corrected chi connectivity index (χ4v) is 2.96. The Labute approximate surface area is 167 Å². The lowest BCUT2D eigenvalue weighted by Crippen LogP contribution is -2.45. The molecule has 0 radical (unpaired) electrons. The van der Waals surface area contributed by atoms with E-state index in [1.54, 1.807) is 0 Å². The zero-order valence-corrected chi connectivity index (χ0v) is 17.0. The molecule has 1 aromatic carbocycles. The molecule has 3 rings (SSSR count). The second-order valence-electron chi connectivity index (χ2n) is 6.33. The van der Waals surface area contributed by atoms with E-state index in [-0.39, 0.29) is 35.8 Å². The summed E-state index contributed by atoms with van der Waals surface area (Å²) in [4.78, 5) is 18.2. The summed E-state index contributed by atoms with van der Waals surface area (Å²) in [6.45, 7) is 3.16. The fourth-order valence-electron chi connectivity index (χ4n) is 2.96. The maximum absolute atomic E-state index is 11.6.